The Kier molecular flexibility index (Phi) is 4.34. The molecular weight excluding hydrogens is 244 g/mol. The minimum atomic E-state index is -0.187. The van der Waals surface area contributed by atoms with Crippen LogP contribution in [0.2, 0.25) is 0 Å². The summed E-state index contributed by atoms with van der Waals surface area (Å²) in [6.07, 6.45) is 3.26. The number of furan rings is 1. The highest BCUT2D eigenvalue weighted by atomic mass is 16.5. The smallest absolute Gasteiger partial charge is 0.244 e. The van der Waals surface area contributed by atoms with Crippen LogP contribution >= 0.6 is 0 Å². The molecule has 1 aromatic carbocycles. The van der Waals surface area contributed by atoms with E-state index in [-0.39, 0.29) is 12.3 Å². The molecule has 0 aliphatic heterocycles. The third-order valence-corrected chi connectivity index (χ3v) is 2.45. The summed E-state index contributed by atoms with van der Waals surface area (Å²) in [4.78, 5) is 11.6. The Morgan fingerprint density at radius 2 is 2.16 bits per heavy atom. The fourth-order valence-corrected chi connectivity index (χ4v) is 1.50. The predicted octanol–water partition coefficient (Wildman–Crippen LogP) is 1.98. The lowest BCUT2D eigenvalue weighted by atomic mass is 10.1. The van der Waals surface area contributed by atoms with E-state index in [1.165, 1.54) is 6.21 Å². The van der Waals surface area contributed by atoms with Gasteiger partial charge in [-0.15, -0.1) is 0 Å². The maximum absolute atomic E-state index is 11.6. The van der Waals surface area contributed by atoms with Gasteiger partial charge in [0.2, 0.25) is 5.91 Å². The molecule has 0 aliphatic carbocycles. The molecule has 1 amide bonds. The Morgan fingerprint density at radius 1 is 1.37 bits per heavy atom. The van der Waals surface area contributed by atoms with E-state index in [0.717, 1.165) is 11.3 Å². The number of hydrazone groups is 1. The Bertz CT molecular complexity index is 545. The van der Waals surface area contributed by atoms with Gasteiger partial charge in [-0.1, -0.05) is 12.1 Å². The third kappa shape index (κ3) is 3.99. The monoisotopic (exact) mass is 258 g/mol. The Morgan fingerprint density at radius 3 is 2.79 bits per heavy atom. The third-order valence-electron chi connectivity index (χ3n) is 2.45. The van der Waals surface area contributed by atoms with Crippen LogP contribution in [0.3, 0.4) is 0 Å². The first kappa shape index (κ1) is 12.9. The van der Waals surface area contributed by atoms with E-state index in [2.05, 4.69) is 10.5 Å². The van der Waals surface area contributed by atoms with E-state index >= 15 is 0 Å². The summed E-state index contributed by atoms with van der Waals surface area (Å²) in [6, 6.07) is 10.8. The van der Waals surface area contributed by atoms with Crippen LogP contribution in [-0.4, -0.2) is 19.2 Å². The molecule has 1 aromatic heterocycles. The van der Waals surface area contributed by atoms with E-state index in [1.54, 1.807) is 25.5 Å². The highest BCUT2D eigenvalue weighted by Gasteiger charge is 2.02. The lowest BCUT2D eigenvalue weighted by Crippen LogP contribution is -2.19. The van der Waals surface area contributed by atoms with Gasteiger partial charge in [-0.05, 0) is 29.8 Å². The van der Waals surface area contributed by atoms with Gasteiger partial charge in [0.1, 0.15) is 11.5 Å². The number of benzene rings is 1. The molecule has 0 fully saturated rings. The van der Waals surface area contributed by atoms with Gasteiger partial charge >= 0.3 is 0 Å². The molecule has 0 radical (unpaired) electrons. The number of nitrogens with zero attached hydrogens (tertiary/aromatic N) is 1. The standard InChI is InChI=1S/C14H14N2O3/c1-18-12-6-4-11(5-7-12)9-14(17)16-15-10-13-3-2-8-19-13/h2-8,10H,9H2,1H3,(H,16,17)/b15-10+. The van der Waals surface area contributed by atoms with Crippen LogP contribution in [0.5, 0.6) is 5.75 Å². The molecule has 0 spiro atoms. The zero-order chi connectivity index (χ0) is 13.5. The van der Waals surface area contributed by atoms with Gasteiger partial charge in [-0.2, -0.15) is 5.10 Å². The summed E-state index contributed by atoms with van der Waals surface area (Å²) in [6.45, 7) is 0. The van der Waals surface area contributed by atoms with Gasteiger partial charge in [-0.3, -0.25) is 4.79 Å². The van der Waals surface area contributed by atoms with Crippen LogP contribution in [0, 0.1) is 0 Å². The normalized spacial score (nSPS) is 10.6. The van der Waals surface area contributed by atoms with Crippen molar-refractivity contribution in [3.05, 3.63) is 54.0 Å². The van der Waals surface area contributed by atoms with E-state index in [1.807, 2.05) is 24.3 Å². The molecule has 1 heterocycles. The lowest BCUT2D eigenvalue weighted by Gasteiger charge is -2.02. The average molecular weight is 258 g/mol. The number of carbonyl (C=O) groups is 1. The second kappa shape index (κ2) is 6.39. The van der Waals surface area contributed by atoms with E-state index in [9.17, 15) is 4.79 Å². The van der Waals surface area contributed by atoms with Crippen LogP contribution in [0.1, 0.15) is 11.3 Å². The van der Waals surface area contributed by atoms with Crippen molar-refractivity contribution in [3.8, 4) is 5.75 Å². The molecule has 5 heteroatoms. The number of hydrogen-bond acceptors (Lipinski definition) is 4. The van der Waals surface area contributed by atoms with Crippen molar-refractivity contribution in [3.63, 3.8) is 0 Å². The molecule has 0 unspecified atom stereocenters. The Hall–Kier alpha value is -2.56. The second-order valence-corrected chi connectivity index (χ2v) is 3.83. The summed E-state index contributed by atoms with van der Waals surface area (Å²) in [5.74, 6) is 1.16. The fourth-order valence-electron chi connectivity index (χ4n) is 1.50. The first-order valence-corrected chi connectivity index (χ1v) is 5.76. The predicted molar refractivity (Wildman–Crippen MR) is 71.1 cm³/mol. The maximum atomic E-state index is 11.6. The maximum Gasteiger partial charge on any atom is 0.244 e. The minimum Gasteiger partial charge on any atom is -0.497 e. The van der Waals surface area contributed by atoms with Crippen molar-refractivity contribution in [1.29, 1.82) is 0 Å². The van der Waals surface area contributed by atoms with Crippen LogP contribution in [0.25, 0.3) is 0 Å². The van der Waals surface area contributed by atoms with E-state index in [4.69, 9.17) is 9.15 Å². The van der Waals surface area contributed by atoms with Crippen molar-refractivity contribution in [1.82, 2.24) is 5.43 Å². The topological polar surface area (TPSA) is 63.8 Å². The number of ether oxygens (including phenoxy) is 1. The first-order chi connectivity index (χ1) is 9.28. The first-order valence-electron chi connectivity index (χ1n) is 5.76. The van der Waals surface area contributed by atoms with Gasteiger partial charge < -0.3 is 9.15 Å². The molecule has 0 bridgehead atoms. The van der Waals surface area contributed by atoms with Gasteiger partial charge in [0.05, 0.1) is 26.0 Å². The van der Waals surface area contributed by atoms with Gasteiger partial charge in [0.25, 0.3) is 0 Å². The Balaban J connectivity index is 1.83. The quantitative estimate of drug-likeness (QED) is 0.659. The summed E-state index contributed by atoms with van der Waals surface area (Å²) in [7, 11) is 1.60. The zero-order valence-corrected chi connectivity index (χ0v) is 10.5. The largest absolute Gasteiger partial charge is 0.497 e. The fraction of sp³-hybridized carbons (Fsp3) is 0.143. The number of carbonyl (C=O) groups excluding carboxylic acids is 1. The molecule has 2 aromatic rings. The molecule has 0 atom stereocenters. The average Bonchev–Trinajstić information content (AvgIpc) is 2.93. The van der Waals surface area contributed by atoms with Crippen molar-refractivity contribution < 1.29 is 13.9 Å². The number of amides is 1. The number of methoxy groups -OCH3 is 1. The Labute approximate surface area is 110 Å². The number of nitrogens with one attached hydrogen (secondary N) is 1. The van der Waals surface area contributed by atoms with Crippen molar-refractivity contribution in [2.24, 2.45) is 5.10 Å². The molecule has 0 aliphatic rings. The molecule has 1 N–H and O–H groups in total. The zero-order valence-electron chi connectivity index (χ0n) is 10.5. The van der Waals surface area contributed by atoms with Crippen molar-refractivity contribution in [2.75, 3.05) is 7.11 Å². The van der Waals surface area contributed by atoms with Crippen LogP contribution in [0.15, 0.2) is 52.2 Å². The molecule has 0 saturated carbocycles. The molecule has 5 nitrogen and oxygen atoms in total. The summed E-state index contributed by atoms with van der Waals surface area (Å²) in [5.41, 5.74) is 3.33. The summed E-state index contributed by atoms with van der Waals surface area (Å²) >= 11 is 0. The summed E-state index contributed by atoms with van der Waals surface area (Å²) < 4.78 is 10.1. The van der Waals surface area contributed by atoms with Crippen LogP contribution in [0.4, 0.5) is 0 Å². The van der Waals surface area contributed by atoms with Crippen molar-refractivity contribution >= 4 is 12.1 Å². The van der Waals surface area contributed by atoms with Crippen molar-refractivity contribution in [2.45, 2.75) is 6.42 Å². The molecule has 98 valence electrons. The highest BCUT2D eigenvalue weighted by molar-refractivity contribution is 5.81. The van der Waals surface area contributed by atoms with E-state index in [0.29, 0.717) is 5.76 Å². The van der Waals surface area contributed by atoms with Gasteiger partial charge in [0, 0.05) is 0 Å². The highest BCUT2D eigenvalue weighted by Crippen LogP contribution is 2.11. The van der Waals surface area contributed by atoms with E-state index < -0.39 is 0 Å². The molecule has 19 heavy (non-hydrogen) atoms. The lowest BCUT2D eigenvalue weighted by molar-refractivity contribution is -0.120. The SMILES string of the molecule is COc1ccc(CC(=O)N/N=C/c2ccco2)cc1. The van der Waals surface area contributed by atoms with Gasteiger partial charge in [0.15, 0.2) is 0 Å². The summed E-state index contributed by atoms with van der Waals surface area (Å²) in [5, 5.41) is 3.80. The minimum absolute atomic E-state index is 0.187. The second-order valence-electron chi connectivity index (χ2n) is 3.83. The molecule has 2 rings (SSSR count). The molecular formula is C14H14N2O3. The van der Waals surface area contributed by atoms with Gasteiger partial charge in [-0.25, -0.2) is 5.43 Å². The van der Waals surface area contributed by atoms with Crippen LogP contribution in [-0.2, 0) is 11.2 Å². The number of rotatable bonds is 5. The molecule has 0 saturated heterocycles. The van der Waals surface area contributed by atoms with Crippen LogP contribution < -0.4 is 10.2 Å². The number of hydrogen-bond donors (Lipinski definition) is 1.